The molecule has 13 atom stereocenters. The van der Waals surface area contributed by atoms with E-state index < -0.39 is 128 Å². The molecular formula is C104H190N14O31. The van der Waals surface area contributed by atoms with Crippen LogP contribution >= 0.6 is 0 Å². The second-order valence-corrected chi connectivity index (χ2v) is 40.9. The van der Waals surface area contributed by atoms with Crippen molar-refractivity contribution in [2.45, 2.75) is 441 Å². The first-order chi connectivity index (χ1) is 71.7. The smallest absolute Gasteiger partial charge is 0.309 e. The van der Waals surface area contributed by atoms with Gasteiger partial charge in [0.2, 0.25) is 65.0 Å². The van der Waals surface area contributed by atoms with Crippen LogP contribution in [-0.4, -0.2) is 346 Å². The van der Waals surface area contributed by atoms with Crippen LogP contribution in [0.1, 0.15) is 355 Å². The maximum atomic E-state index is 14.2. The fourth-order valence-electron chi connectivity index (χ4n) is 17.0. The molecule has 0 aromatic heterocycles. The number of aliphatic hydroxyl groups excluding tert-OH is 9. The van der Waals surface area contributed by atoms with E-state index in [2.05, 4.69) is 68.5 Å². The summed E-state index contributed by atoms with van der Waals surface area (Å²) in [4.78, 5) is 158. The van der Waals surface area contributed by atoms with E-state index >= 15 is 0 Å². The summed E-state index contributed by atoms with van der Waals surface area (Å²) in [6.07, 6.45) is 19.1. The van der Waals surface area contributed by atoms with Gasteiger partial charge in [-0.1, -0.05) is 147 Å². The third-order valence-electron chi connectivity index (χ3n) is 26.6. The maximum Gasteiger partial charge on any atom is 0.309 e. The highest BCUT2D eigenvalue weighted by atomic mass is 16.7. The highest BCUT2D eigenvalue weighted by Crippen LogP contribution is 2.29. The summed E-state index contributed by atoms with van der Waals surface area (Å²) >= 11 is 0. The molecule has 3 aliphatic rings. The first-order valence-corrected chi connectivity index (χ1v) is 55.4. The lowest BCUT2D eigenvalue weighted by molar-refractivity contribution is -0.257. The molecule has 0 aromatic carbocycles. The molecule has 0 aliphatic carbocycles. The number of hydrogen-bond acceptors (Lipinski definition) is 31. The average molecular weight is 2130 g/mol. The number of carbonyl (C=O) groups excluding carboxylic acids is 11. The lowest BCUT2D eigenvalue weighted by atomic mass is 9.85. The summed E-state index contributed by atoms with van der Waals surface area (Å²) in [5.74, 6) is -3.59. The van der Waals surface area contributed by atoms with Crippen LogP contribution in [-0.2, 0) is 100 Å². The van der Waals surface area contributed by atoms with E-state index in [1.54, 1.807) is 13.8 Å². The third-order valence-corrected chi connectivity index (χ3v) is 26.6. The molecule has 3 saturated heterocycles. The third kappa shape index (κ3) is 67.5. The molecule has 862 valence electrons. The molecule has 45 nitrogen and oxygen atoms in total. The Morgan fingerprint density at radius 2 is 0.644 bits per heavy atom. The maximum absolute atomic E-state index is 14.2. The minimum atomic E-state index is -1.45. The molecule has 0 bridgehead atoms. The molecule has 0 unspecified atom stereocenters. The summed E-state index contributed by atoms with van der Waals surface area (Å²) in [5.41, 5.74) is 6.17. The molecule has 45 heteroatoms. The van der Waals surface area contributed by atoms with Crippen molar-refractivity contribution in [1.29, 1.82) is 0 Å². The fourth-order valence-corrected chi connectivity index (χ4v) is 17.0. The number of nitrogens with one attached hydrogen (secondary N) is 11. The van der Waals surface area contributed by atoms with Crippen LogP contribution in [0.25, 0.3) is 10.4 Å². The Hall–Kier alpha value is -7.77. The van der Waals surface area contributed by atoms with Crippen LogP contribution in [0.15, 0.2) is 5.11 Å². The normalized spacial score (nSPS) is 19.6. The number of amides is 11. The number of hydrogen-bond donors (Lipinski definition) is 21. The van der Waals surface area contributed by atoms with Crippen LogP contribution in [0.3, 0.4) is 0 Å². The number of carbonyl (C=O) groups is 12. The highest BCUT2D eigenvalue weighted by molar-refractivity contribution is 5.88. The molecule has 11 amide bonds. The summed E-state index contributed by atoms with van der Waals surface area (Å²) < 4.78 is 51.8. The predicted octanol–water partition coefficient (Wildman–Crippen LogP) is 6.09. The number of unbranched alkanes of at least 4 members (excludes halogenated alkanes) is 26. The molecule has 0 spiro atoms. The largest absolute Gasteiger partial charge is 0.481 e. The van der Waals surface area contributed by atoms with E-state index in [-0.39, 0.29) is 229 Å². The molecule has 149 heavy (non-hydrogen) atoms. The number of rotatable bonds is 94. The second kappa shape index (κ2) is 84.6. The van der Waals surface area contributed by atoms with E-state index in [1.165, 1.54) is 0 Å². The van der Waals surface area contributed by atoms with Gasteiger partial charge in [0.1, 0.15) is 48.2 Å². The number of aliphatic hydroxyl groups is 9. The van der Waals surface area contributed by atoms with Crippen molar-refractivity contribution in [2.75, 3.05) is 138 Å². The Bertz CT molecular complexity index is 3610. The first kappa shape index (κ1) is 135. The summed E-state index contributed by atoms with van der Waals surface area (Å²) in [5, 5.41) is 133. The minimum absolute atomic E-state index is 0.00726. The van der Waals surface area contributed by atoms with Gasteiger partial charge in [-0.2, -0.15) is 0 Å². The fraction of sp³-hybridized carbons (Fsp3) is 0.885. The van der Waals surface area contributed by atoms with Gasteiger partial charge in [0.25, 0.3) is 0 Å². The van der Waals surface area contributed by atoms with E-state index in [0.717, 1.165) is 141 Å². The average Bonchev–Trinajstić information content (AvgIpc) is 0.793. The van der Waals surface area contributed by atoms with Crippen LogP contribution in [0.2, 0.25) is 0 Å². The van der Waals surface area contributed by atoms with Gasteiger partial charge >= 0.3 is 5.97 Å². The van der Waals surface area contributed by atoms with Crippen molar-refractivity contribution in [2.24, 2.45) is 15.9 Å². The summed E-state index contributed by atoms with van der Waals surface area (Å²) in [6, 6.07) is -0.779. The van der Waals surface area contributed by atoms with Gasteiger partial charge in [0.05, 0.1) is 96.3 Å². The van der Waals surface area contributed by atoms with Gasteiger partial charge in [-0.05, 0) is 141 Å². The second-order valence-electron chi connectivity index (χ2n) is 40.9. The van der Waals surface area contributed by atoms with Crippen molar-refractivity contribution >= 4 is 70.9 Å². The zero-order chi connectivity index (χ0) is 109. The molecule has 3 heterocycles. The minimum Gasteiger partial charge on any atom is -0.481 e. The lowest BCUT2D eigenvalue weighted by Crippen LogP contribution is -2.58. The zero-order valence-electron chi connectivity index (χ0n) is 89.8. The van der Waals surface area contributed by atoms with E-state index in [4.69, 9.17) is 48.2 Å². The number of nitrogens with zero attached hydrogens (tertiary/aromatic N) is 3. The van der Waals surface area contributed by atoms with Gasteiger partial charge in [0, 0.05) is 153 Å². The predicted molar refractivity (Wildman–Crippen MR) is 553 cm³/mol. The number of ether oxygens (including phenoxy) is 9. The van der Waals surface area contributed by atoms with Crippen LogP contribution in [0.4, 0.5) is 0 Å². The first-order valence-electron chi connectivity index (χ1n) is 55.4. The number of aliphatic carboxylic acids is 1. The lowest BCUT2D eigenvalue weighted by Gasteiger charge is -2.36. The van der Waals surface area contributed by atoms with Crippen LogP contribution in [0, 0.1) is 10.8 Å². The molecule has 3 rings (SSSR count). The number of azide groups is 1. The van der Waals surface area contributed by atoms with Gasteiger partial charge in [-0.3, -0.25) is 57.5 Å². The van der Waals surface area contributed by atoms with E-state index in [0.29, 0.717) is 135 Å². The Labute approximate surface area is 881 Å². The molecule has 3 aliphatic heterocycles. The van der Waals surface area contributed by atoms with Gasteiger partial charge in [-0.15, -0.1) is 0 Å². The van der Waals surface area contributed by atoms with Gasteiger partial charge in [-0.25, -0.2) is 0 Å². The highest BCUT2D eigenvalue weighted by Gasteiger charge is 2.41. The Balaban J connectivity index is 1.52. The van der Waals surface area contributed by atoms with Crippen molar-refractivity contribution in [1.82, 2.24) is 58.5 Å². The van der Waals surface area contributed by atoms with Gasteiger partial charge in [0.15, 0.2) is 18.9 Å². The summed E-state index contributed by atoms with van der Waals surface area (Å²) in [6.45, 7) is 8.10. The zero-order valence-corrected chi connectivity index (χ0v) is 89.8. The van der Waals surface area contributed by atoms with E-state index in [9.17, 15) is 109 Å². The molecule has 3 fully saturated rings. The Kier molecular flexibility index (Phi) is 76.9. The molecule has 21 N–H and O–H groups in total. The quantitative estimate of drug-likeness (QED) is 0.0108. The Morgan fingerprint density at radius 1 is 0.342 bits per heavy atom. The van der Waals surface area contributed by atoms with Crippen LogP contribution in [0.5, 0.6) is 0 Å². The molecule has 0 aromatic rings. The van der Waals surface area contributed by atoms with Crippen LogP contribution < -0.4 is 58.5 Å². The van der Waals surface area contributed by atoms with Gasteiger partial charge < -0.3 is 152 Å². The van der Waals surface area contributed by atoms with Crippen molar-refractivity contribution < 1.29 is 151 Å². The monoisotopic (exact) mass is 2130 g/mol. The topological polar surface area (TPSA) is 671 Å². The number of carboxylic acids is 1. The number of carboxylic acid groups (broad SMARTS) is 1. The molecule has 0 saturated carbocycles. The summed E-state index contributed by atoms with van der Waals surface area (Å²) in [7, 11) is 0. The van der Waals surface area contributed by atoms with E-state index in [1.807, 2.05) is 13.8 Å². The standard InChI is InChI=1S/C104H190N14O31/c1-102(2,51-30-19-13-7-8-14-20-31-52-103(3,4)101(139)140)100(138)112-55-33-22-16-10-5-11-17-23-42-84(125)106-53-34-25-41-77(116-91(132)46-26-35-60-115-118-105)99(137)111-54-32-21-15-9-6-12-18-24-47-92(133)117-104(75-143-66-50-90(131)114-76-113-87(128)45-29-38-63-146-95-69-80(124)98(136)83(72-121)149-95,73-141-64-48-88(129)109-58-39-56-107-85(126)43-27-36-61-144-93-67-78(122)96(134)81(70-119)147-93)74-142-65-49-89(130)110-59-40-57-108-86(127)44-28-37-62-145-94-68-79(123)97(135)82(71-120)148-94/h77-83,93-98,119-124,134-136H,5-76H2,1-4H3,(H,106,125)(H,107,126)(H,108,127)(H,109,129)(H,110,130)(H,111,137)(H,112,138)(H,113,128)(H,114,131)(H,116,132)(H,117,133)(H,139,140)/t77-,78+,79+,80+,81+,82+,83+,93+,94+,95+,96+,97+,98+/m0/s1. The van der Waals surface area contributed by atoms with Crippen molar-refractivity contribution in [3.63, 3.8) is 0 Å². The van der Waals surface area contributed by atoms with Crippen molar-refractivity contribution in [3.8, 4) is 0 Å². The Morgan fingerprint density at radius 3 is 1.03 bits per heavy atom. The van der Waals surface area contributed by atoms with Crippen molar-refractivity contribution in [3.05, 3.63) is 10.4 Å². The molecule has 0 radical (unpaired) electrons. The SMILES string of the molecule is CC(C)(CCCCCCCCCCC(C)(C)C(=O)NCCCCCCCCCCC(=O)NCCCC[C@H](NC(=O)CCCCN=[N+]=[N-])C(=O)NCCCCCCCCCCC(=O)NC(COCCC(=O)NCCCNC(=O)CCCCO[C@H]1C[C@@H](O)[C@@H](O)[C@@H](CO)O1)(COCCC(=O)NCCCNC(=O)CCCCO[C@H]1C[C@@H](O)[C@@H](O)[C@@H](CO)O1)COCCC(=O)NCNC(=O)CCCCO[C@H]1C[C@@H](O)[C@@H](O)[C@@H](CO)O1)C(=O)O. The molecular weight excluding hydrogens is 1940 g/mol.